The molecule has 0 unspecified atom stereocenters. The van der Waals surface area contributed by atoms with E-state index in [0.29, 0.717) is 18.5 Å². The predicted molar refractivity (Wildman–Crippen MR) is 81.5 cm³/mol. The Balaban J connectivity index is 2.00. The third-order valence-electron chi connectivity index (χ3n) is 3.31. The fourth-order valence-electron chi connectivity index (χ4n) is 2.13. The Bertz CT molecular complexity index is 665. The first-order valence-corrected chi connectivity index (χ1v) is 6.74. The fraction of sp³-hybridized carbons (Fsp3) is 0.176. The molecule has 0 radical (unpaired) electrons. The molecular formula is C17H17NO3. The summed E-state index contributed by atoms with van der Waals surface area (Å²) in [5, 5.41) is 11.7. The molecule has 0 aliphatic rings. The first kappa shape index (κ1) is 14.8. The van der Waals surface area contributed by atoms with Crippen molar-refractivity contribution in [1.82, 2.24) is 0 Å². The summed E-state index contributed by atoms with van der Waals surface area (Å²) in [7, 11) is 0. The van der Waals surface area contributed by atoms with Crippen LogP contribution in [0.2, 0.25) is 0 Å². The van der Waals surface area contributed by atoms with Crippen molar-refractivity contribution in [3.8, 4) is 0 Å². The van der Waals surface area contributed by atoms with E-state index in [1.807, 2.05) is 31.2 Å². The molecule has 2 N–H and O–H groups in total. The van der Waals surface area contributed by atoms with Crippen LogP contribution in [0.1, 0.15) is 27.9 Å². The lowest BCUT2D eigenvalue weighted by atomic mass is 10.0. The van der Waals surface area contributed by atoms with Gasteiger partial charge in [0, 0.05) is 6.42 Å². The molecule has 0 fully saturated rings. The number of aromatic carboxylic acids is 1. The summed E-state index contributed by atoms with van der Waals surface area (Å²) in [5.74, 6) is -1.24. The summed E-state index contributed by atoms with van der Waals surface area (Å²) in [6, 6.07) is 14.3. The first-order chi connectivity index (χ1) is 10.1. The van der Waals surface area contributed by atoms with Gasteiger partial charge in [-0.05, 0) is 36.6 Å². The minimum atomic E-state index is -1.05. The van der Waals surface area contributed by atoms with Crippen LogP contribution in [0.5, 0.6) is 0 Å². The lowest BCUT2D eigenvalue weighted by Gasteiger charge is -2.09. The van der Waals surface area contributed by atoms with E-state index in [2.05, 4.69) is 5.32 Å². The molecular weight excluding hydrogens is 266 g/mol. The zero-order valence-electron chi connectivity index (χ0n) is 11.8. The Kier molecular flexibility index (Phi) is 4.72. The van der Waals surface area contributed by atoms with Crippen LogP contribution in [0.25, 0.3) is 0 Å². The van der Waals surface area contributed by atoms with Crippen LogP contribution in [0.15, 0.2) is 48.5 Å². The van der Waals surface area contributed by atoms with E-state index in [1.54, 1.807) is 18.2 Å². The summed E-state index contributed by atoms with van der Waals surface area (Å²) < 4.78 is 0. The van der Waals surface area contributed by atoms with E-state index in [0.717, 1.165) is 11.1 Å². The maximum atomic E-state index is 12.0. The van der Waals surface area contributed by atoms with E-state index >= 15 is 0 Å². The van der Waals surface area contributed by atoms with Gasteiger partial charge in [0.05, 0.1) is 11.3 Å². The molecule has 2 aromatic carbocycles. The van der Waals surface area contributed by atoms with E-state index in [9.17, 15) is 9.59 Å². The van der Waals surface area contributed by atoms with Gasteiger partial charge in [0.2, 0.25) is 5.91 Å². The van der Waals surface area contributed by atoms with Crippen molar-refractivity contribution in [3.05, 3.63) is 65.2 Å². The molecule has 1 amide bonds. The lowest BCUT2D eigenvalue weighted by Crippen LogP contribution is -2.15. The minimum absolute atomic E-state index is 0.0988. The number of hydrogen-bond acceptors (Lipinski definition) is 2. The SMILES string of the molecule is Cc1ccccc1CCC(=O)Nc1ccccc1C(=O)O. The van der Waals surface area contributed by atoms with Gasteiger partial charge in [-0.15, -0.1) is 0 Å². The molecule has 4 nitrogen and oxygen atoms in total. The van der Waals surface area contributed by atoms with Crippen LogP contribution in [-0.4, -0.2) is 17.0 Å². The Hall–Kier alpha value is -2.62. The predicted octanol–water partition coefficient (Wildman–Crippen LogP) is 3.26. The van der Waals surface area contributed by atoms with Crippen LogP contribution in [0.4, 0.5) is 5.69 Å². The number of benzene rings is 2. The van der Waals surface area contributed by atoms with Gasteiger partial charge < -0.3 is 10.4 Å². The van der Waals surface area contributed by atoms with Gasteiger partial charge >= 0.3 is 5.97 Å². The second-order valence-electron chi connectivity index (χ2n) is 4.83. The van der Waals surface area contributed by atoms with E-state index < -0.39 is 5.97 Å². The number of aryl methyl sites for hydroxylation is 2. The van der Waals surface area contributed by atoms with Crippen LogP contribution < -0.4 is 5.32 Å². The van der Waals surface area contributed by atoms with Gasteiger partial charge in [-0.1, -0.05) is 36.4 Å². The van der Waals surface area contributed by atoms with Gasteiger partial charge in [0.25, 0.3) is 0 Å². The number of carboxylic acids is 1. The van der Waals surface area contributed by atoms with Crippen molar-refractivity contribution in [2.45, 2.75) is 19.8 Å². The van der Waals surface area contributed by atoms with Crippen molar-refractivity contribution in [2.24, 2.45) is 0 Å². The molecule has 2 rings (SSSR count). The quantitative estimate of drug-likeness (QED) is 0.885. The largest absolute Gasteiger partial charge is 0.478 e. The van der Waals surface area contributed by atoms with Crippen LogP contribution in [-0.2, 0) is 11.2 Å². The number of nitrogens with one attached hydrogen (secondary N) is 1. The molecule has 0 spiro atoms. The first-order valence-electron chi connectivity index (χ1n) is 6.74. The minimum Gasteiger partial charge on any atom is -0.478 e. The van der Waals surface area contributed by atoms with Crippen molar-refractivity contribution < 1.29 is 14.7 Å². The molecule has 0 heterocycles. The average molecular weight is 283 g/mol. The normalized spacial score (nSPS) is 10.1. The Morgan fingerprint density at radius 1 is 1.05 bits per heavy atom. The summed E-state index contributed by atoms with van der Waals surface area (Å²) in [6.07, 6.45) is 0.951. The standard InChI is InChI=1S/C17H17NO3/c1-12-6-2-3-7-13(12)10-11-16(19)18-15-9-5-4-8-14(15)17(20)21/h2-9H,10-11H2,1H3,(H,18,19)(H,20,21). The molecule has 0 aromatic heterocycles. The topological polar surface area (TPSA) is 66.4 Å². The van der Waals surface area contributed by atoms with Gasteiger partial charge in [-0.25, -0.2) is 4.79 Å². The Morgan fingerprint density at radius 3 is 2.43 bits per heavy atom. The molecule has 0 aliphatic heterocycles. The highest BCUT2D eigenvalue weighted by molar-refractivity contribution is 6.00. The fourth-order valence-corrected chi connectivity index (χ4v) is 2.13. The molecule has 0 aliphatic carbocycles. The molecule has 108 valence electrons. The smallest absolute Gasteiger partial charge is 0.337 e. The van der Waals surface area contributed by atoms with Crippen molar-refractivity contribution in [3.63, 3.8) is 0 Å². The monoisotopic (exact) mass is 283 g/mol. The summed E-state index contributed by atoms with van der Waals surface area (Å²) >= 11 is 0. The number of carbonyl (C=O) groups is 2. The summed E-state index contributed by atoms with van der Waals surface area (Å²) in [4.78, 5) is 23.0. The average Bonchev–Trinajstić information content (AvgIpc) is 2.47. The summed E-state index contributed by atoms with van der Waals surface area (Å²) in [5.41, 5.74) is 2.71. The van der Waals surface area contributed by atoms with Crippen molar-refractivity contribution >= 4 is 17.6 Å². The number of carboxylic acid groups (broad SMARTS) is 1. The van der Waals surface area contributed by atoms with Gasteiger partial charge in [-0.3, -0.25) is 4.79 Å². The molecule has 4 heteroatoms. The number of amides is 1. The number of rotatable bonds is 5. The highest BCUT2D eigenvalue weighted by atomic mass is 16.4. The van der Waals surface area contributed by atoms with Gasteiger partial charge in [-0.2, -0.15) is 0 Å². The molecule has 21 heavy (non-hydrogen) atoms. The number of anilines is 1. The zero-order chi connectivity index (χ0) is 15.2. The molecule has 2 aromatic rings. The third-order valence-corrected chi connectivity index (χ3v) is 3.31. The van der Waals surface area contributed by atoms with Crippen LogP contribution >= 0.6 is 0 Å². The zero-order valence-corrected chi connectivity index (χ0v) is 11.8. The molecule has 0 bridgehead atoms. The molecule has 0 saturated carbocycles. The summed E-state index contributed by atoms with van der Waals surface area (Å²) in [6.45, 7) is 2.01. The highest BCUT2D eigenvalue weighted by Crippen LogP contribution is 2.16. The maximum Gasteiger partial charge on any atom is 0.337 e. The van der Waals surface area contributed by atoms with Crippen molar-refractivity contribution in [1.29, 1.82) is 0 Å². The van der Waals surface area contributed by atoms with Crippen LogP contribution in [0.3, 0.4) is 0 Å². The third kappa shape index (κ3) is 3.92. The Morgan fingerprint density at radius 2 is 1.71 bits per heavy atom. The number of para-hydroxylation sites is 1. The highest BCUT2D eigenvalue weighted by Gasteiger charge is 2.11. The molecule has 0 atom stereocenters. The Labute approximate surface area is 123 Å². The van der Waals surface area contributed by atoms with Gasteiger partial charge in [0.15, 0.2) is 0 Å². The maximum absolute atomic E-state index is 12.0. The molecule has 0 saturated heterocycles. The second kappa shape index (κ2) is 6.70. The lowest BCUT2D eigenvalue weighted by molar-refractivity contribution is -0.116. The van der Waals surface area contributed by atoms with E-state index in [4.69, 9.17) is 5.11 Å². The van der Waals surface area contributed by atoms with E-state index in [1.165, 1.54) is 6.07 Å². The van der Waals surface area contributed by atoms with E-state index in [-0.39, 0.29) is 11.5 Å². The van der Waals surface area contributed by atoms with Crippen molar-refractivity contribution in [2.75, 3.05) is 5.32 Å². The van der Waals surface area contributed by atoms with Crippen LogP contribution in [0, 0.1) is 6.92 Å². The number of carbonyl (C=O) groups excluding carboxylic acids is 1. The van der Waals surface area contributed by atoms with Gasteiger partial charge in [0.1, 0.15) is 0 Å². The second-order valence-corrected chi connectivity index (χ2v) is 4.83. The number of hydrogen-bond donors (Lipinski definition) is 2.